The predicted molar refractivity (Wildman–Crippen MR) is 58.8 cm³/mol. The number of nitrogen functional groups attached to an aromatic ring is 1. The van der Waals surface area contributed by atoms with Crippen molar-refractivity contribution in [1.29, 1.82) is 0 Å². The molecule has 0 spiro atoms. The highest BCUT2D eigenvalue weighted by molar-refractivity contribution is 9.10. The molecule has 0 bridgehead atoms. The first-order valence-electron chi connectivity index (χ1n) is 4.17. The minimum atomic E-state index is 0.594. The lowest BCUT2D eigenvalue weighted by molar-refractivity contribution is 0.427. The Balaban J connectivity index is 2.60. The summed E-state index contributed by atoms with van der Waals surface area (Å²) in [5, 5.41) is 3.81. The second-order valence-electron chi connectivity index (χ2n) is 2.99. The summed E-state index contributed by atoms with van der Waals surface area (Å²) < 4.78 is 6.10. The molecule has 3 nitrogen and oxygen atoms in total. The molecule has 14 heavy (non-hydrogen) atoms. The predicted octanol–water partition coefficient (Wildman–Crippen LogP) is 2.99. The third-order valence-electron chi connectivity index (χ3n) is 2.03. The molecule has 4 heteroatoms. The SMILES string of the molecule is Cc1noc(-c2ccccc2Br)c1N. The number of aromatic nitrogens is 1. The molecule has 0 saturated heterocycles. The maximum atomic E-state index is 5.83. The molecule has 0 saturated carbocycles. The van der Waals surface area contributed by atoms with Gasteiger partial charge in [-0.15, -0.1) is 0 Å². The zero-order chi connectivity index (χ0) is 10.1. The molecular formula is C10H9BrN2O. The lowest BCUT2D eigenvalue weighted by Crippen LogP contribution is -1.88. The van der Waals surface area contributed by atoms with Crippen LogP contribution < -0.4 is 5.73 Å². The van der Waals surface area contributed by atoms with Crippen molar-refractivity contribution in [2.75, 3.05) is 5.73 Å². The zero-order valence-electron chi connectivity index (χ0n) is 7.62. The Bertz CT molecular complexity index is 465. The molecule has 0 aliphatic heterocycles. The summed E-state index contributed by atoms with van der Waals surface area (Å²) in [5.74, 6) is 0.620. The highest BCUT2D eigenvalue weighted by Crippen LogP contribution is 2.33. The highest BCUT2D eigenvalue weighted by Gasteiger charge is 2.13. The van der Waals surface area contributed by atoms with Gasteiger partial charge in [-0.2, -0.15) is 0 Å². The average molecular weight is 253 g/mol. The number of halogens is 1. The Morgan fingerprint density at radius 3 is 2.64 bits per heavy atom. The van der Waals surface area contributed by atoms with E-state index in [4.69, 9.17) is 10.3 Å². The molecule has 2 N–H and O–H groups in total. The van der Waals surface area contributed by atoms with Gasteiger partial charge in [0, 0.05) is 10.0 Å². The second-order valence-corrected chi connectivity index (χ2v) is 3.84. The molecule has 0 unspecified atom stereocenters. The first-order valence-corrected chi connectivity index (χ1v) is 4.96. The molecule has 2 aromatic rings. The fourth-order valence-electron chi connectivity index (χ4n) is 1.22. The number of benzene rings is 1. The van der Waals surface area contributed by atoms with Gasteiger partial charge < -0.3 is 10.3 Å². The van der Waals surface area contributed by atoms with Gasteiger partial charge in [0.05, 0.1) is 0 Å². The summed E-state index contributed by atoms with van der Waals surface area (Å²) in [6.45, 7) is 1.82. The van der Waals surface area contributed by atoms with E-state index in [0.29, 0.717) is 11.4 Å². The van der Waals surface area contributed by atoms with Gasteiger partial charge in [-0.3, -0.25) is 0 Å². The number of aryl methyl sites for hydroxylation is 1. The normalized spacial score (nSPS) is 10.4. The van der Waals surface area contributed by atoms with E-state index in [1.807, 2.05) is 31.2 Å². The van der Waals surface area contributed by atoms with E-state index in [1.165, 1.54) is 0 Å². The van der Waals surface area contributed by atoms with E-state index in [-0.39, 0.29) is 0 Å². The number of nitrogens with two attached hydrogens (primary N) is 1. The molecule has 0 aliphatic rings. The molecule has 1 aromatic carbocycles. The van der Waals surface area contributed by atoms with Crippen molar-refractivity contribution in [2.45, 2.75) is 6.92 Å². The van der Waals surface area contributed by atoms with Crippen molar-refractivity contribution in [3.63, 3.8) is 0 Å². The Labute approximate surface area is 90.0 Å². The fourth-order valence-corrected chi connectivity index (χ4v) is 1.68. The van der Waals surface area contributed by atoms with Crippen LogP contribution in [0.2, 0.25) is 0 Å². The average Bonchev–Trinajstić information content (AvgIpc) is 2.49. The number of hydrogen-bond acceptors (Lipinski definition) is 3. The van der Waals surface area contributed by atoms with Crippen LogP contribution in [0, 0.1) is 6.92 Å². The van der Waals surface area contributed by atoms with Crippen LogP contribution >= 0.6 is 15.9 Å². The van der Waals surface area contributed by atoms with Crippen molar-refractivity contribution in [3.8, 4) is 11.3 Å². The summed E-state index contributed by atoms with van der Waals surface area (Å²) in [6, 6.07) is 7.73. The molecular weight excluding hydrogens is 244 g/mol. The smallest absolute Gasteiger partial charge is 0.191 e. The first kappa shape index (κ1) is 9.27. The highest BCUT2D eigenvalue weighted by atomic mass is 79.9. The quantitative estimate of drug-likeness (QED) is 0.849. The molecule has 1 heterocycles. The maximum absolute atomic E-state index is 5.83. The largest absolute Gasteiger partial charge is 0.394 e. The number of rotatable bonds is 1. The molecule has 2 rings (SSSR count). The van der Waals surface area contributed by atoms with Crippen molar-refractivity contribution in [3.05, 3.63) is 34.4 Å². The third kappa shape index (κ3) is 1.42. The van der Waals surface area contributed by atoms with E-state index in [0.717, 1.165) is 15.7 Å². The molecule has 0 radical (unpaired) electrons. The van der Waals surface area contributed by atoms with Crippen LogP contribution in [0.4, 0.5) is 5.69 Å². The van der Waals surface area contributed by atoms with E-state index in [9.17, 15) is 0 Å². The molecule has 0 atom stereocenters. The van der Waals surface area contributed by atoms with Gasteiger partial charge in [0.2, 0.25) is 0 Å². The van der Waals surface area contributed by atoms with Crippen LogP contribution in [0.25, 0.3) is 11.3 Å². The summed E-state index contributed by atoms with van der Waals surface area (Å²) in [4.78, 5) is 0. The van der Waals surface area contributed by atoms with E-state index < -0.39 is 0 Å². The molecule has 0 aliphatic carbocycles. The lowest BCUT2D eigenvalue weighted by Gasteiger charge is -1.99. The molecule has 1 aromatic heterocycles. The molecule has 0 fully saturated rings. The summed E-state index contributed by atoms with van der Waals surface area (Å²) in [6.07, 6.45) is 0. The summed E-state index contributed by atoms with van der Waals surface area (Å²) >= 11 is 3.43. The van der Waals surface area contributed by atoms with Crippen LogP contribution in [0.5, 0.6) is 0 Å². The monoisotopic (exact) mass is 252 g/mol. The summed E-state index contributed by atoms with van der Waals surface area (Å²) in [5.41, 5.74) is 8.06. The first-order chi connectivity index (χ1) is 6.70. The standard InChI is InChI=1S/C10H9BrN2O/c1-6-9(12)10(14-13-6)7-4-2-3-5-8(7)11/h2-5H,12H2,1H3. The topological polar surface area (TPSA) is 52.0 Å². The van der Waals surface area contributed by atoms with Gasteiger partial charge in [-0.1, -0.05) is 33.2 Å². The Morgan fingerprint density at radius 2 is 2.07 bits per heavy atom. The number of hydrogen-bond donors (Lipinski definition) is 1. The van der Waals surface area contributed by atoms with Gasteiger partial charge in [-0.25, -0.2) is 0 Å². The molecule has 72 valence electrons. The minimum absolute atomic E-state index is 0.594. The third-order valence-corrected chi connectivity index (χ3v) is 2.72. The van der Waals surface area contributed by atoms with Gasteiger partial charge in [0.25, 0.3) is 0 Å². The van der Waals surface area contributed by atoms with Crippen molar-refractivity contribution in [1.82, 2.24) is 5.16 Å². The van der Waals surface area contributed by atoms with Crippen LogP contribution in [0.1, 0.15) is 5.69 Å². The lowest BCUT2D eigenvalue weighted by atomic mass is 10.1. The van der Waals surface area contributed by atoms with Crippen LogP contribution in [-0.2, 0) is 0 Å². The Morgan fingerprint density at radius 1 is 1.36 bits per heavy atom. The maximum Gasteiger partial charge on any atom is 0.191 e. The molecule has 0 amide bonds. The fraction of sp³-hybridized carbons (Fsp3) is 0.100. The summed E-state index contributed by atoms with van der Waals surface area (Å²) in [7, 11) is 0. The van der Waals surface area contributed by atoms with Crippen molar-refractivity contribution in [2.24, 2.45) is 0 Å². The van der Waals surface area contributed by atoms with Crippen molar-refractivity contribution < 1.29 is 4.52 Å². The van der Waals surface area contributed by atoms with Crippen molar-refractivity contribution >= 4 is 21.6 Å². The van der Waals surface area contributed by atoms with Gasteiger partial charge in [-0.05, 0) is 19.1 Å². The van der Waals surface area contributed by atoms with Gasteiger partial charge in [0.15, 0.2) is 5.76 Å². The van der Waals surface area contributed by atoms with Crippen LogP contribution in [0.15, 0.2) is 33.3 Å². The van der Waals surface area contributed by atoms with E-state index in [1.54, 1.807) is 0 Å². The van der Waals surface area contributed by atoms with Crippen LogP contribution in [-0.4, -0.2) is 5.16 Å². The Kier molecular flexibility index (Phi) is 2.29. The second kappa shape index (κ2) is 3.46. The van der Waals surface area contributed by atoms with Gasteiger partial charge in [0.1, 0.15) is 11.4 Å². The Hall–Kier alpha value is -1.29. The minimum Gasteiger partial charge on any atom is -0.394 e. The van der Waals surface area contributed by atoms with Gasteiger partial charge >= 0.3 is 0 Å². The van der Waals surface area contributed by atoms with E-state index in [2.05, 4.69) is 21.1 Å². The van der Waals surface area contributed by atoms with E-state index >= 15 is 0 Å². The zero-order valence-corrected chi connectivity index (χ0v) is 9.21. The number of nitrogens with zero attached hydrogens (tertiary/aromatic N) is 1. The van der Waals surface area contributed by atoms with Crippen LogP contribution in [0.3, 0.4) is 0 Å². The number of anilines is 1.